The number of benzene rings is 3. The number of sulfone groups is 1. The molecular formula is C27H20ClFN2O7S2. The van der Waals surface area contributed by atoms with Crippen molar-refractivity contribution in [1.29, 1.82) is 0 Å². The average Bonchev–Trinajstić information content (AvgIpc) is 3.71. The Hall–Kier alpha value is -4.00. The lowest BCUT2D eigenvalue weighted by atomic mass is 10.1. The number of carboxylic acid groups (broad SMARTS) is 1. The summed E-state index contributed by atoms with van der Waals surface area (Å²) in [7, 11) is -3.43. The number of halogens is 2. The van der Waals surface area contributed by atoms with Gasteiger partial charge in [0, 0.05) is 11.6 Å². The van der Waals surface area contributed by atoms with Crippen molar-refractivity contribution >= 4 is 49.8 Å². The number of anilines is 1. The zero-order valence-corrected chi connectivity index (χ0v) is 22.8. The molecule has 1 fully saturated rings. The van der Waals surface area contributed by atoms with Gasteiger partial charge in [-0.15, -0.1) is 0 Å². The minimum absolute atomic E-state index is 0.108. The lowest BCUT2D eigenvalue weighted by Crippen LogP contribution is -2.25. The molecule has 0 spiro atoms. The van der Waals surface area contributed by atoms with Crippen LogP contribution in [-0.2, 0) is 14.6 Å². The Labute approximate surface area is 237 Å². The second-order valence-corrected chi connectivity index (χ2v) is 12.4. The van der Waals surface area contributed by atoms with Gasteiger partial charge < -0.3 is 14.6 Å². The molecule has 1 aliphatic rings. The minimum atomic E-state index is -3.43. The molecule has 4 aromatic rings. The molecule has 0 radical (unpaired) electrons. The first-order valence-electron chi connectivity index (χ1n) is 11.8. The van der Waals surface area contributed by atoms with Crippen LogP contribution in [0, 0.1) is 5.82 Å². The molecule has 206 valence electrons. The van der Waals surface area contributed by atoms with Crippen molar-refractivity contribution in [3.63, 3.8) is 0 Å². The summed E-state index contributed by atoms with van der Waals surface area (Å²) in [4.78, 5) is 28.7. The number of carboxylic acids is 1. The van der Waals surface area contributed by atoms with Gasteiger partial charge in [-0.25, -0.2) is 22.6 Å². The van der Waals surface area contributed by atoms with Crippen molar-refractivity contribution in [2.45, 2.75) is 29.1 Å². The molecule has 1 aliphatic carbocycles. The standard InChI is InChI=1S/C27H20ClFN2O7S2/c28-21-13-18(7-12-22(21)29)38-24(15-3-8-19(9-4-15)40(35,36)20-10-11-20)25(32)31-27-30-14-23(39-27)37-17-5-1-16(2-6-17)26(33)34/h1-9,12-14,20,24H,10-11H2,(H,33,34)(H,30,31,32). The lowest BCUT2D eigenvalue weighted by Gasteiger charge is -2.19. The molecular weight excluding hydrogens is 583 g/mol. The second kappa shape index (κ2) is 11.2. The summed E-state index contributed by atoms with van der Waals surface area (Å²) in [5, 5.41) is 11.6. The summed E-state index contributed by atoms with van der Waals surface area (Å²) in [6.07, 6.45) is 1.36. The summed E-state index contributed by atoms with van der Waals surface area (Å²) < 4.78 is 50.4. The van der Waals surface area contributed by atoms with Crippen molar-refractivity contribution in [2.75, 3.05) is 5.32 Å². The molecule has 5 rings (SSSR count). The van der Waals surface area contributed by atoms with Crippen LogP contribution in [0.5, 0.6) is 16.6 Å². The number of rotatable bonds is 10. The van der Waals surface area contributed by atoms with Gasteiger partial charge in [0.15, 0.2) is 15.0 Å². The summed E-state index contributed by atoms with van der Waals surface area (Å²) in [6.45, 7) is 0. The Bertz CT molecular complexity index is 1670. The molecule has 2 N–H and O–H groups in total. The van der Waals surface area contributed by atoms with E-state index >= 15 is 0 Å². The van der Waals surface area contributed by atoms with Gasteiger partial charge in [-0.05, 0) is 61.4 Å². The summed E-state index contributed by atoms with van der Waals surface area (Å²) in [6, 6.07) is 15.3. The van der Waals surface area contributed by atoms with E-state index in [9.17, 15) is 22.4 Å². The monoisotopic (exact) mass is 602 g/mol. The molecule has 13 heteroatoms. The van der Waals surface area contributed by atoms with Crippen molar-refractivity contribution in [3.8, 4) is 16.6 Å². The fourth-order valence-electron chi connectivity index (χ4n) is 3.68. The molecule has 0 aliphatic heterocycles. The Morgan fingerprint density at radius 1 is 1.05 bits per heavy atom. The maximum atomic E-state index is 13.7. The fourth-order valence-corrected chi connectivity index (χ4v) is 6.20. The number of aromatic carboxylic acids is 1. The molecule has 1 unspecified atom stereocenters. The van der Waals surface area contributed by atoms with E-state index < -0.39 is 33.6 Å². The number of thiazole rings is 1. The highest BCUT2D eigenvalue weighted by Crippen LogP contribution is 2.35. The fraction of sp³-hybridized carbons (Fsp3) is 0.148. The molecule has 0 saturated heterocycles. The van der Waals surface area contributed by atoms with Crippen LogP contribution in [0.3, 0.4) is 0 Å². The van der Waals surface area contributed by atoms with Crippen LogP contribution in [0.2, 0.25) is 5.02 Å². The maximum absolute atomic E-state index is 13.7. The Kier molecular flexibility index (Phi) is 7.74. The van der Waals surface area contributed by atoms with Gasteiger partial charge in [-0.2, -0.15) is 0 Å². The zero-order chi connectivity index (χ0) is 28.4. The average molecular weight is 603 g/mol. The van der Waals surface area contributed by atoms with Crippen LogP contribution in [0.15, 0.2) is 77.8 Å². The minimum Gasteiger partial charge on any atom is -0.478 e. The first-order valence-corrected chi connectivity index (χ1v) is 14.6. The maximum Gasteiger partial charge on any atom is 0.335 e. The smallest absolute Gasteiger partial charge is 0.335 e. The van der Waals surface area contributed by atoms with E-state index in [1.54, 1.807) is 0 Å². The molecule has 1 atom stereocenters. The molecule has 1 heterocycles. The predicted octanol–water partition coefficient (Wildman–Crippen LogP) is 6.12. The van der Waals surface area contributed by atoms with E-state index in [1.807, 2.05) is 0 Å². The summed E-state index contributed by atoms with van der Waals surface area (Å²) >= 11 is 6.90. The number of hydrogen-bond donors (Lipinski definition) is 2. The molecule has 40 heavy (non-hydrogen) atoms. The van der Waals surface area contributed by atoms with E-state index in [4.69, 9.17) is 26.2 Å². The van der Waals surface area contributed by atoms with E-state index in [1.165, 1.54) is 66.9 Å². The van der Waals surface area contributed by atoms with Gasteiger partial charge >= 0.3 is 5.97 Å². The second-order valence-electron chi connectivity index (χ2n) is 8.79. The van der Waals surface area contributed by atoms with Crippen molar-refractivity contribution in [2.24, 2.45) is 0 Å². The Morgan fingerprint density at radius 3 is 2.35 bits per heavy atom. The zero-order valence-electron chi connectivity index (χ0n) is 20.4. The Balaban J connectivity index is 1.35. The normalized spacial score (nSPS) is 13.8. The first kappa shape index (κ1) is 27.6. The van der Waals surface area contributed by atoms with Crippen molar-refractivity contribution in [1.82, 2.24) is 4.98 Å². The number of amides is 1. The van der Waals surface area contributed by atoms with E-state index in [0.717, 1.165) is 17.4 Å². The van der Waals surface area contributed by atoms with Crippen LogP contribution in [0.25, 0.3) is 0 Å². The van der Waals surface area contributed by atoms with Crippen LogP contribution < -0.4 is 14.8 Å². The molecule has 3 aromatic carbocycles. The molecule has 1 saturated carbocycles. The van der Waals surface area contributed by atoms with Crippen LogP contribution in [-0.4, -0.2) is 35.6 Å². The topological polar surface area (TPSA) is 132 Å². The van der Waals surface area contributed by atoms with E-state index in [-0.39, 0.29) is 31.6 Å². The molecule has 0 bridgehead atoms. The number of nitrogens with zero attached hydrogens (tertiary/aromatic N) is 1. The van der Waals surface area contributed by atoms with E-state index in [2.05, 4.69) is 10.3 Å². The number of hydrogen-bond acceptors (Lipinski definition) is 8. The summed E-state index contributed by atoms with van der Waals surface area (Å²) in [5.41, 5.74) is 0.454. The van der Waals surface area contributed by atoms with Gasteiger partial charge in [0.2, 0.25) is 11.2 Å². The van der Waals surface area contributed by atoms with Crippen LogP contribution in [0.4, 0.5) is 9.52 Å². The van der Waals surface area contributed by atoms with E-state index in [0.29, 0.717) is 29.2 Å². The molecule has 1 amide bonds. The highest BCUT2D eigenvalue weighted by molar-refractivity contribution is 7.92. The SMILES string of the molecule is O=C(O)c1ccc(Oc2cnc(NC(=O)C(Oc3ccc(F)c(Cl)c3)c3ccc(S(=O)(=O)C4CC4)cc3)s2)cc1. The van der Waals surface area contributed by atoms with Crippen LogP contribution in [0.1, 0.15) is 34.9 Å². The molecule has 1 aromatic heterocycles. The highest BCUT2D eigenvalue weighted by atomic mass is 35.5. The third-order valence-corrected chi connectivity index (χ3v) is 9.25. The quantitative estimate of drug-likeness (QED) is 0.222. The largest absolute Gasteiger partial charge is 0.478 e. The number of aromatic nitrogens is 1. The first-order chi connectivity index (χ1) is 19.1. The summed E-state index contributed by atoms with van der Waals surface area (Å²) in [5.74, 6) is -1.85. The Morgan fingerprint density at radius 2 is 1.73 bits per heavy atom. The predicted molar refractivity (Wildman–Crippen MR) is 146 cm³/mol. The van der Waals surface area contributed by atoms with Gasteiger partial charge in [0.25, 0.3) is 5.91 Å². The van der Waals surface area contributed by atoms with Crippen molar-refractivity contribution in [3.05, 3.63) is 94.9 Å². The number of carbonyl (C=O) groups is 2. The number of ether oxygens (including phenoxy) is 2. The van der Waals surface area contributed by atoms with Crippen molar-refractivity contribution < 1.29 is 37.0 Å². The number of carbonyl (C=O) groups excluding carboxylic acids is 1. The third-order valence-electron chi connectivity index (χ3n) is 5.89. The van der Waals surface area contributed by atoms with Gasteiger partial charge in [0.1, 0.15) is 17.3 Å². The van der Waals surface area contributed by atoms with Crippen LogP contribution >= 0.6 is 22.9 Å². The molecule has 9 nitrogen and oxygen atoms in total. The van der Waals surface area contributed by atoms with Gasteiger partial charge in [-0.3, -0.25) is 10.1 Å². The highest BCUT2D eigenvalue weighted by Gasteiger charge is 2.37. The van der Waals surface area contributed by atoms with Gasteiger partial charge in [0.05, 0.1) is 26.9 Å². The lowest BCUT2D eigenvalue weighted by molar-refractivity contribution is -0.123. The number of nitrogens with one attached hydrogen (secondary N) is 1. The van der Waals surface area contributed by atoms with Gasteiger partial charge in [-0.1, -0.05) is 35.1 Å². The third kappa shape index (κ3) is 6.24.